The summed E-state index contributed by atoms with van der Waals surface area (Å²) in [6, 6.07) is 3.37. The first-order chi connectivity index (χ1) is 6.65. The predicted octanol–water partition coefficient (Wildman–Crippen LogP) is 2.26. The highest BCUT2D eigenvalue weighted by Gasteiger charge is 2.21. The van der Waals surface area contributed by atoms with Crippen molar-refractivity contribution in [2.24, 2.45) is 0 Å². The third-order valence-electron chi connectivity index (χ3n) is 2.14. The highest BCUT2D eigenvalue weighted by atomic mass is 32.1. The molecule has 0 aliphatic carbocycles. The summed E-state index contributed by atoms with van der Waals surface area (Å²) in [7, 11) is 0. The molecule has 0 aromatic carbocycles. The number of hydrogen-bond acceptors (Lipinski definition) is 3. The molecule has 0 aliphatic heterocycles. The first kappa shape index (κ1) is 11.2. The van der Waals surface area contributed by atoms with Crippen LogP contribution in [-0.4, -0.2) is 17.1 Å². The summed E-state index contributed by atoms with van der Waals surface area (Å²) in [6.45, 7) is 4.02. The van der Waals surface area contributed by atoms with Crippen LogP contribution in [0.15, 0.2) is 17.5 Å². The highest BCUT2D eigenvalue weighted by Crippen LogP contribution is 2.19. The molecule has 14 heavy (non-hydrogen) atoms. The molecular weight excluding hydrogens is 198 g/mol. The fourth-order valence-corrected chi connectivity index (χ4v) is 1.91. The van der Waals surface area contributed by atoms with Gasteiger partial charge in [0.25, 0.3) is 0 Å². The van der Waals surface area contributed by atoms with Gasteiger partial charge in [0.05, 0.1) is 0 Å². The SMILES string of the molecule is CCC(C)NC(C(=O)O)c1cccs1. The topological polar surface area (TPSA) is 49.3 Å². The summed E-state index contributed by atoms with van der Waals surface area (Å²) in [5.41, 5.74) is 0. The zero-order chi connectivity index (χ0) is 10.6. The Hall–Kier alpha value is -0.870. The van der Waals surface area contributed by atoms with E-state index in [2.05, 4.69) is 5.32 Å². The number of hydrogen-bond donors (Lipinski definition) is 2. The molecule has 0 saturated carbocycles. The Kier molecular flexibility index (Phi) is 4.10. The third-order valence-corrected chi connectivity index (χ3v) is 3.08. The summed E-state index contributed by atoms with van der Waals surface area (Å²) in [5, 5.41) is 14.0. The van der Waals surface area contributed by atoms with Crippen molar-refractivity contribution in [2.75, 3.05) is 0 Å². The van der Waals surface area contributed by atoms with Gasteiger partial charge in [-0.15, -0.1) is 11.3 Å². The first-order valence-electron chi connectivity index (χ1n) is 4.67. The molecule has 0 bridgehead atoms. The maximum atomic E-state index is 11.0. The van der Waals surface area contributed by atoms with Crippen molar-refractivity contribution in [3.8, 4) is 0 Å². The van der Waals surface area contributed by atoms with E-state index in [-0.39, 0.29) is 6.04 Å². The molecule has 1 heterocycles. The number of carboxylic acid groups (broad SMARTS) is 1. The molecule has 4 heteroatoms. The number of nitrogens with one attached hydrogen (secondary N) is 1. The zero-order valence-corrected chi connectivity index (χ0v) is 9.17. The van der Waals surface area contributed by atoms with E-state index >= 15 is 0 Å². The van der Waals surface area contributed by atoms with Crippen LogP contribution in [0.25, 0.3) is 0 Å². The van der Waals surface area contributed by atoms with Crippen molar-refractivity contribution in [2.45, 2.75) is 32.4 Å². The summed E-state index contributed by atoms with van der Waals surface area (Å²) < 4.78 is 0. The van der Waals surface area contributed by atoms with E-state index in [1.54, 1.807) is 0 Å². The first-order valence-corrected chi connectivity index (χ1v) is 5.55. The molecule has 1 aromatic heterocycles. The van der Waals surface area contributed by atoms with Gasteiger partial charge in [-0.25, -0.2) is 0 Å². The molecule has 2 atom stereocenters. The van der Waals surface area contributed by atoms with Crippen molar-refractivity contribution in [3.63, 3.8) is 0 Å². The summed E-state index contributed by atoms with van der Waals surface area (Å²) in [4.78, 5) is 11.9. The molecule has 3 nitrogen and oxygen atoms in total. The molecule has 0 saturated heterocycles. The van der Waals surface area contributed by atoms with Crippen LogP contribution in [0.1, 0.15) is 31.2 Å². The monoisotopic (exact) mass is 213 g/mol. The van der Waals surface area contributed by atoms with Gasteiger partial charge in [-0.05, 0) is 24.8 Å². The van der Waals surface area contributed by atoms with Crippen LogP contribution < -0.4 is 5.32 Å². The van der Waals surface area contributed by atoms with Crippen molar-refractivity contribution < 1.29 is 9.90 Å². The normalized spacial score (nSPS) is 15.0. The smallest absolute Gasteiger partial charge is 0.326 e. The lowest BCUT2D eigenvalue weighted by molar-refractivity contribution is -0.139. The van der Waals surface area contributed by atoms with Gasteiger partial charge >= 0.3 is 5.97 Å². The van der Waals surface area contributed by atoms with E-state index < -0.39 is 12.0 Å². The summed E-state index contributed by atoms with van der Waals surface area (Å²) in [5.74, 6) is -0.812. The molecule has 0 fully saturated rings. The second-order valence-electron chi connectivity index (χ2n) is 3.26. The predicted molar refractivity (Wildman–Crippen MR) is 57.6 cm³/mol. The van der Waals surface area contributed by atoms with E-state index in [0.29, 0.717) is 0 Å². The largest absolute Gasteiger partial charge is 0.480 e. The Morgan fingerprint density at radius 2 is 2.43 bits per heavy atom. The Labute approximate surface area is 87.8 Å². The fourth-order valence-electron chi connectivity index (χ4n) is 1.13. The van der Waals surface area contributed by atoms with E-state index in [1.165, 1.54) is 11.3 Å². The van der Waals surface area contributed by atoms with E-state index in [4.69, 9.17) is 5.11 Å². The summed E-state index contributed by atoms with van der Waals surface area (Å²) >= 11 is 1.47. The number of carbonyl (C=O) groups is 1. The van der Waals surface area contributed by atoms with Crippen LogP contribution in [0.2, 0.25) is 0 Å². The minimum Gasteiger partial charge on any atom is -0.480 e. The molecule has 0 radical (unpaired) electrons. The molecule has 1 rings (SSSR count). The molecule has 0 amide bonds. The number of rotatable bonds is 5. The second kappa shape index (κ2) is 5.12. The minimum atomic E-state index is -0.812. The molecule has 78 valence electrons. The average Bonchev–Trinajstić information content (AvgIpc) is 2.65. The lowest BCUT2D eigenvalue weighted by atomic mass is 10.2. The van der Waals surface area contributed by atoms with Crippen molar-refractivity contribution in [1.29, 1.82) is 0 Å². The van der Waals surface area contributed by atoms with Crippen LogP contribution in [0, 0.1) is 0 Å². The van der Waals surface area contributed by atoms with Crippen LogP contribution in [0.5, 0.6) is 0 Å². The Morgan fingerprint density at radius 3 is 2.86 bits per heavy atom. The van der Waals surface area contributed by atoms with Crippen LogP contribution in [0.3, 0.4) is 0 Å². The Bertz CT molecular complexity index is 284. The molecule has 2 unspecified atom stereocenters. The molecule has 1 aromatic rings. The Morgan fingerprint density at radius 1 is 1.71 bits per heavy atom. The van der Waals surface area contributed by atoms with E-state index in [9.17, 15) is 4.79 Å². The maximum Gasteiger partial charge on any atom is 0.326 e. The van der Waals surface area contributed by atoms with Crippen LogP contribution in [-0.2, 0) is 4.79 Å². The van der Waals surface area contributed by atoms with Gasteiger partial charge in [0, 0.05) is 10.9 Å². The van der Waals surface area contributed by atoms with Crippen molar-refractivity contribution in [1.82, 2.24) is 5.32 Å². The molecular formula is C10H15NO2S. The van der Waals surface area contributed by atoms with Gasteiger partial charge in [-0.2, -0.15) is 0 Å². The highest BCUT2D eigenvalue weighted by molar-refractivity contribution is 7.10. The molecule has 2 N–H and O–H groups in total. The summed E-state index contributed by atoms with van der Waals surface area (Å²) in [6.07, 6.45) is 0.926. The lowest BCUT2D eigenvalue weighted by Crippen LogP contribution is -2.34. The zero-order valence-electron chi connectivity index (χ0n) is 8.36. The number of carboxylic acids is 1. The van der Waals surface area contributed by atoms with Gasteiger partial charge in [-0.1, -0.05) is 13.0 Å². The van der Waals surface area contributed by atoms with Gasteiger partial charge in [0.1, 0.15) is 6.04 Å². The van der Waals surface area contributed by atoms with Gasteiger partial charge in [0.2, 0.25) is 0 Å². The average molecular weight is 213 g/mol. The lowest BCUT2D eigenvalue weighted by Gasteiger charge is -2.17. The van der Waals surface area contributed by atoms with Gasteiger partial charge in [0.15, 0.2) is 0 Å². The minimum absolute atomic E-state index is 0.221. The maximum absolute atomic E-state index is 11.0. The standard InChI is InChI=1S/C10H15NO2S/c1-3-7(2)11-9(10(12)13)8-5-4-6-14-8/h4-7,9,11H,3H2,1-2H3,(H,12,13). The third kappa shape index (κ3) is 2.82. The van der Waals surface area contributed by atoms with Gasteiger partial charge in [-0.3, -0.25) is 10.1 Å². The van der Waals surface area contributed by atoms with Crippen LogP contribution in [0.4, 0.5) is 0 Å². The van der Waals surface area contributed by atoms with E-state index in [1.807, 2.05) is 31.4 Å². The quantitative estimate of drug-likeness (QED) is 0.788. The van der Waals surface area contributed by atoms with E-state index in [0.717, 1.165) is 11.3 Å². The van der Waals surface area contributed by atoms with Gasteiger partial charge < -0.3 is 5.11 Å². The number of aliphatic carboxylic acids is 1. The number of thiophene rings is 1. The fraction of sp³-hybridized carbons (Fsp3) is 0.500. The Balaban J connectivity index is 2.71. The molecule has 0 aliphatic rings. The second-order valence-corrected chi connectivity index (χ2v) is 4.24. The molecule has 0 spiro atoms. The van der Waals surface area contributed by atoms with Crippen molar-refractivity contribution >= 4 is 17.3 Å². The van der Waals surface area contributed by atoms with Crippen LogP contribution >= 0.6 is 11.3 Å². The van der Waals surface area contributed by atoms with Crippen molar-refractivity contribution in [3.05, 3.63) is 22.4 Å².